The first-order valence-electron chi connectivity index (χ1n) is 6.97. The fourth-order valence-corrected chi connectivity index (χ4v) is 1.96. The number of pyridine rings is 1. The number of para-hydroxylation sites is 1. The van der Waals surface area contributed by atoms with Gasteiger partial charge in [-0.25, -0.2) is 9.97 Å². The second kappa shape index (κ2) is 7.01. The average molecular weight is 323 g/mol. The number of anilines is 4. The highest BCUT2D eigenvalue weighted by molar-refractivity contribution is 5.74. The summed E-state index contributed by atoms with van der Waals surface area (Å²) in [5.41, 5.74) is 6.66. The van der Waals surface area contributed by atoms with Crippen molar-refractivity contribution < 1.29 is 4.92 Å². The molecule has 9 nitrogen and oxygen atoms in total. The normalized spacial score (nSPS) is 10.0. The molecule has 0 radical (unpaired) electrons. The third kappa shape index (κ3) is 3.53. The smallest absolute Gasteiger partial charge is 0.333 e. The maximum Gasteiger partial charge on any atom is 0.355 e. The van der Waals surface area contributed by atoms with Crippen LogP contribution in [0.1, 0.15) is 0 Å². The van der Waals surface area contributed by atoms with Gasteiger partial charge in [-0.3, -0.25) is 25.9 Å². The topological polar surface area (TPSA) is 118 Å². The second-order valence-electron chi connectivity index (χ2n) is 4.66. The van der Waals surface area contributed by atoms with Crippen molar-refractivity contribution in [2.45, 2.75) is 0 Å². The average Bonchev–Trinajstić information content (AvgIpc) is 2.61. The zero-order chi connectivity index (χ0) is 16.8. The van der Waals surface area contributed by atoms with E-state index in [0.717, 1.165) is 5.69 Å². The second-order valence-corrected chi connectivity index (χ2v) is 4.66. The Kier molecular flexibility index (Phi) is 4.43. The van der Waals surface area contributed by atoms with E-state index in [-0.39, 0.29) is 17.3 Å². The van der Waals surface area contributed by atoms with Gasteiger partial charge >= 0.3 is 5.69 Å². The van der Waals surface area contributed by atoms with Crippen LogP contribution in [0.15, 0.2) is 61.2 Å². The first kappa shape index (κ1) is 15.2. The number of hydrogen-bond donors (Lipinski definition) is 3. The van der Waals surface area contributed by atoms with Gasteiger partial charge in [0.05, 0.1) is 22.5 Å². The number of benzene rings is 1. The van der Waals surface area contributed by atoms with Crippen LogP contribution in [0.25, 0.3) is 0 Å². The summed E-state index contributed by atoms with van der Waals surface area (Å²) in [7, 11) is 0. The molecule has 0 unspecified atom stereocenters. The van der Waals surface area contributed by atoms with Gasteiger partial charge in [0.15, 0.2) is 0 Å². The molecule has 0 aliphatic carbocycles. The lowest BCUT2D eigenvalue weighted by Gasteiger charge is -2.11. The number of aromatic nitrogens is 3. The van der Waals surface area contributed by atoms with E-state index < -0.39 is 4.92 Å². The van der Waals surface area contributed by atoms with Crippen LogP contribution in [0.2, 0.25) is 0 Å². The van der Waals surface area contributed by atoms with Gasteiger partial charge in [0.25, 0.3) is 0 Å². The van der Waals surface area contributed by atoms with Crippen molar-refractivity contribution in [1.82, 2.24) is 15.0 Å². The molecule has 0 saturated carbocycles. The summed E-state index contributed by atoms with van der Waals surface area (Å²) in [6.07, 6.45) is 4.39. The molecule has 0 fully saturated rings. The summed E-state index contributed by atoms with van der Waals surface area (Å²) in [6, 6.07) is 12.6. The number of hydrogen-bond acceptors (Lipinski definition) is 8. The van der Waals surface area contributed by atoms with Gasteiger partial charge in [-0.15, -0.1) is 0 Å². The SMILES string of the molecule is O=[N+]([O-])c1c(NNc2ccccc2)ncnc1Nc1cccnc1. The summed E-state index contributed by atoms with van der Waals surface area (Å²) < 4.78 is 0. The monoisotopic (exact) mass is 323 g/mol. The molecule has 0 amide bonds. The summed E-state index contributed by atoms with van der Waals surface area (Å²) in [5, 5.41) is 14.3. The number of nitrogens with one attached hydrogen (secondary N) is 3. The van der Waals surface area contributed by atoms with E-state index in [1.807, 2.05) is 30.3 Å². The van der Waals surface area contributed by atoms with Gasteiger partial charge < -0.3 is 5.32 Å². The zero-order valence-corrected chi connectivity index (χ0v) is 12.4. The number of rotatable bonds is 6. The molecule has 0 aliphatic rings. The van der Waals surface area contributed by atoms with Crippen LogP contribution >= 0.6 is 0 Å². The van der Waals surface area contributed by atoms with Crippen LogP contribution in [-0.2, 0) is 0 Å². The number of nitrogens with zero attached hydrogens (tertiary/aromatic N) is 4. The van der Waals surface area contributed by atoms with Crippen LogP contribution in [0, 0.1) is 10.1 Å². The van der Waals surface area contributed by atoms with Gasteiger partial charge in [0.1, 0.15) is 6.33 Å². The lowest BCUT2D eigenvalue weighted by Crippen LogP contribution is -2.13. The highest BCUT2D eigenvalue weighted by Gasteiger charge is 2.23. The van der Waals surface area contributed by atoms with E-state index in [2.05, 4.69) is 31.1 Å². The van der Waals surface area contributed by atoms with Crippen molar-refractivity contribution in [2.24, 2.45) is 0 Å². The summed E-state index contributed by atoms with van der Waals surface area (Å²) in [4.78, 5) is 22.7. The van der Waals surface area contributed by atoms with Gasteiger partial charge in [-0.1, -0.05) is 18.2 Å². The van der Waals surface area contributed by atoms with E-state index in [1.54, 1.807) is 24.5 Å². The first-order valence-corrected chi connectivity index (χ1v) is 6.97. The highest BCUT2D eigenvalue weighted by Crippen LogP contribution is 2.30. The number of nitro groups is 1. The summed E-state index contributed by atoms with van der Waals surface area (Å²) >= 11 is 0. The predicted molar refractivity (Wildman–Crippen MR) is 89.9 cm³/mol. The van der Waals surface area contributed by atoms with E-state index in [0.29, 0.717) is 5.69 Å². The van der Waals surface area contributed by atoms with Crippen LogP contribution in [0.5, 0.6) is 0 Å². The van der Waals surface area contributed by atoms with Crippen molar-refractivity contribution in [3.63, 3.8) is 0 Å². The Morgan fingerprint density at radius 2 is 1.67 bits per heavy atom. The Morgan fingerprint density at radius 3 is 2.38 bits per heavy atom. The molecule has 2 aromatic heterocycles. The van der Waals surface area contributed by atoms with Gasteiger partial charge in [-0.05, 0) is 24.3 Å². The van der Waals surface area contributed by atoms with Crippen molar-refractivity contribution in [2.75, 3.05) is 16.2 Å². The molecular weight excluding hydrogens is 310 g/mol. The lowest BCUT2D eigenvalue weighted by atomic mass is 10.3. The fraction of sp³-hybridized carbons (Fsp3) is 0. The third-order valence-electron chi connectivity index (χ3n) is 3.03. The molecule has 0 spiro atoms. The maximum absolute atomic E-state index is 11.4. The largest absolute Gasteiger partial charge is 0.355 e. The third-order valence-corrected chi connectivity index (χ3v) is 3.03. The van der Waals surface area contributed by atoms with Crippen molar-refractivity contribution >= 4 is 28.7 Å². The molecule has 3 N–H and O–H groups in total. The molecular formula is C15H13N7O2. The molecule has 9 heteroatoms. The van der Waals surface area contributed by atoms with Crippen LogP contribution in [0.4, 0.5) is 28.7 Å². The Hall–Kier alpha value is -3.75. The Bertz CT molecular complexity index is 828. The molecule has 120 valence electrons. The Labute approximate surface area is 136 Å². The quantitative estimate of drug-likeness (QED) is 0.468. The molecule has 3 aromatic rings. The minimum Gasteiger partial charge on any atom is -0.333 e. The minimum atomic E-state index is -0.548. The fourth-order valence-electron chi connectivity index (χ4n) is 1.96. The Morgan fingerprint density at radius 1 is 0.917 bits per heavy atom. The van der Waals surface area contributed by atoms with E-state index in [1.165, 1.54) is 6.33 Å². The van der Waals surface area contributed by atoms with Crippen molar-refractivity contribution in [3.8, 4) is 0 Å². The summed E-state index contributed by atoms with van der Waals surface area (Å²) in [6.45, 7) is 0. The Balaban J connectivity index is 1.86. The minimum absolute atomic E-state index is 0.0465. The molecule has 3 rings (SSSR count). The molecule has 24 heavy (non-hydrogen) atoms. The molecule has 2 heterocycles. The van der Waals surface area contributed by atoms with Gasteiger partial charge in [0, 0.05) is 6.20 Å². The van der Waals surface area contributed by atoms with Crippen LogP contribution in [-0.4, -0.2) is 19.9 Å². The maximum atomic E-state index is 11.4. The summed E-state index contributed by atoms with van der Waals surface area (Å²) in [5.74, 6) is 0.116. The van der Waals surface area contributed by atoms with E-state index >= 15 is 0 Å². The number of hydrazine groups is 1. The van der Waals surface area contributed by atoms with Gasteiger partial charge in [-0.2, -0.15) is 0 Å². The first-order chi connectivity index (χ1) is 11.7. The standard InChI is InChI=1S/C15H13N7O2/c23-22(24)13-14(19-12-7-4-8-16-9-12)17-10-18-15(13)21-20-11-5-2-1-3-6-11/h1-10,20H,(H2,17,18,19,21). The predicted octanol–water partition coefficient (Wildman–Crippen LogP) is 2.96. The molecule has 1 aromatic carbocycles. The van der Waals surface area contributed by atoms with Crippen LogP contribution < -0.4 is 16.2 Å². The molecule has 0 bridgehead atoms. The lowest BCUT2D eigenvalue weighted by molar-refractivity contribution is -0.383. The molecule has 0 atom stereocenters. The van der Waals surface area contributed by atoms with E-state index in [4.69, 9.17) is 0 Å². The van der Waals surface area contributed by atoms with Gasteiger partial charge in [0.2, 0.25) is 11.6 Å². The van der Waals surface area contributed by atoms with Crippen LogP contribution in [0.3, 0.4) is 0 Å². The highest BCUT2D eigenvalue weighted by atomic mass is 16.6. The molecule has 0 aliphatic heterocycles. The zero-order valence-electron chi connectivity index (χ0n) is 12.4. The van der Waals surface area contributed by atoms with E-state index in [9.17, 15) is 10.1 Å². The van der Waals surface area contributed by atoms with Crippen molar-refractivity contribution in [3.05, 3.63) is 71.3 Å². The molecule has 0 saturated heterocycles. The van der Waals surface area contributed by atoms with Crippen molar-refractivity contribution in [1.29, 1.82) is 0 Å².